The van der Waals surface area contributed by atoms with E-state index in [2.05, 4.69) is 23.3 Å². The fourth-order valence-electron chi connectivity index (χ4n) is 4.68. The minimum atomic E-state index is -4.10. The van der Waals surface area contributed by atoms with Gasteiger partial charge in [-0.15, -0.1) is 23.1 Å². The Balaban J connectivity index is 0.000000280. The lowest BCUT2D eigenvalue weighted by Crippen LogP contribution is -2.35. The second-order valence-corrected chi connectivity index (χ2v) is 13.3. The highest BCUT2D eigenvalue weighted by atomic mass is 35.5. The summed E-state index contributed by atoms with van der Waals surface area (Å²) in [5, 5.41) is 15.1. The first-order chi connectivity index (χ1) is 23.7. The summed E-state index contributed by atoms with van der Waals surface area (Å²) in [6.07, 6.45) is 8.24. The van der Waals surface area contributed by atoms with Crippen molar-refractivity contribution in [3.8, 4) is 23.8 Å². The minimum absolute atomic E-state index is 0.0371. The number of fused-ring (bicyclic) bond motifs is 1. The van der Waals surface area contributed by atoms with Gasteiger partial charge < -0.3 is 24.4 Å². The minimum Gasteiger partial charge on any atom is -0.480 e. The predicted octanol–water partition coefficient (Wildman–Crippen LogP) is 4.61. The summed E-state index contributed by atoms with van der Waals surface area (Å²) in [5.41, 5.74) is 3.35. The Morgan fingerprint density at radius 3 is 2.48 bits per heavy atom. The van der Waals surface area contributed by atoms with Crippen LogP contribution in [0.1, 0.15) is 43.6 Å². The number of carboxylic acid groups (broad SMARTS) is 1. The summed E-state index contributed by atoms with van der Waals surface area (Å²) in [6, 6.07) is 9.14. The van der Waals surface area contributed by atoms with Crippen molar-refractivity contribution in [2.24, 2.45) is 0 Å². The van der Waals surface area contributed by atoms with Gasteiger partial charge in [0.2, 0.25) is 5.91 Å². The Morgan fingerprint density at radius 2 is 1.90 bits per heavy atom. The number of alkyl halides is 1. The molecule has 1 aliphatic rings. The van der Waals surface area contributed by atoms with Crippen LogP contribution in [0.15, 0.2) is 35.1 Å². The van der Waals surface area contributed by atoms with Crippen molar-refractivity contribution in [1.29, 1.82) is 0 Å². The maximum absolute atomic E-state index is 12.5. The largest absolute Gasteiger partial charge is 0.480 e. The molecule has 2 aromatic carbocycles. The zero-order chi connectivity index (χ0) is 37.4. The van der Waals surface area contributed by atoms with Gasteiger partial charge in [0, 0.05) is 25.6 Å². The van der Waals surface area contributed by atoms with E-state index in [0.29, 0.717) is 34.6 Å². The van der Waals surface area contributed by atoms with Crippen molar-refractivity contribution in [2.45, 2.75) is 53.0 Å². The highest BCUT2D eigenvalue weighted by molar-refractivity contribution is 7.51. The first-order valence-electron chi connectivity index (χ1n) is 15.4. The van der Waals surface area contributed by atoms with Crippen molar-refractivity contribution in [2.75, 3.05) is 43.6 Å². The number of aryl methyl sites for hydroxylation is 3. The van der Waals surface area contributed by atoms with Gasteiger partial charge in [-0.1, -0.05) is 54.2 Å². The van der Waals surface area contributed by atoms with Gasteiger partial charge in [0.25, 0.3) is 0 Å². The molecule has 0 unspecified atom stereocenters. The molecule has 4 rings (SSSR count). The third kappa shape index (κ3) is 13.1. The highest BCUT2D eigenvalue weighted by Crippen LogP contribution is 2.33. The smallest absolute Gasteiger partial charge is 0.350 e. The molecule has 2 heterocycles. The summed E-state index contributed by atoms with van der Waals surface area (Å²) in [7, 11) is -4.10. The van der Waals surface area contributed by atoms with Crippen molar-refractivity contribution >= 4 is 60.0 Å². The van der Waals surface area contributed by atoms with Gasteiger partial charge in [-0.05, 0) is 50.3 Å². The topological polar surface area (TPSA) is 185 Å². The highest BCUT2D eigenvalue weighted by Gasteiger charge is 2.21. The van der Waals surface area contributed by atoms with Gasteiger partial charge >= 0.3 is 19.3 Å². The van der Waals surface area contributed by atoms with Crippen LogP contribution < -0.4 is 20.6 Å². The van der Waals surface area contributed by atoms with Gasteiger partial charge in [0.05, 0.1) is 34.3 Å². The molecule has 0 spiro atoms. The number of benzene rings is 2. The van der Waals surface area contributed by atoms with Crippen LogP contribution in [0.4, 0.5) is 5.69 Å². The van der Waals surface area contributed by atoms with Crippen LogP contribution in [0.2, 0.25) is 10.0 Å². The normalized spacial score (nSPS) is 12.0. The fraction of sp³-hybridized carbons (Fsp3) is 0.438. The first-order valence-corrected chi connectivity index (χ1v) is 18.5. The molecule has 1 aliphatic heterocycles. The molecule has 0 radical (unpaired) electrons. The number of carbonyl (C=O) groups excluding carboxylic acids is 1. The predicted molar refractivity (Wildman–Crippen MR) is 193 cm³/mol. The molecule has 0 aliphatic carbocycles. The Hall–Kier alpha value is -3.38. The molecule has 0 saturated carbocycles. The van der Waals surface area contributed by atoms with Crippen molar-refractivity contribution in [3.05, 3.63) is 67.8 Å². The third-order valence-electron chi connectivity index (χ3n) is 6.92. The third-order valence-corrected chi connectivity index (χ3v) is 8.38. The number of aliphatic carboxylic acids is 1. The van der Waals surface area contributed by atoms with E-state index in [1.54, 1.807) is 15.5 Å². The van der Waals surface area contributed by atoms with Crippen LogP contribution in [0.3, 0.4) is 0 Å². The number of nitrogens with zero attached hydrogens (tertiary/aromatic N) is 4. The number of nitrogens with one attached hydrogen (secondary N) is 1. The summed E-state index contributed by atoms with van der Waals surface area (Å²) in [6.45, 7) is 7.11. The molecule has 0 fully saturated rings. The SMILES string of the molecule is C#CCOc1cc(-n2nc3n(c2=O)CCCC3)c(Cl)cc1Cl.CCOCN(C(=O)CCl)c1c(C)cccc1CC.O=C(O)CNCP(=O)(O)O. The summed E-state index contributed by atoms with van der Waals surface area (Å²) < 4.78 is 23.8. The van der Waals surface area contributed by atoms with Crippen LogP contribution in [-0.2, 0) is 38.3 Å². The number of rotatable bonds is 13. The molecule has 0 bridgehead atoms. The Morgan fingerprint density at radius 1 is 1.18 bits per heavy atom. The van der Waals surface area contributed by atoms with Crippen LogP contribution in [0.5, 0.6) is 5.75 Å². The molecule has 14 nitrogen and oxygen atoms in total. The Kier molecular flexibility index (Phi) is 18.0. The van der Waals surface area contributed by atoms with Crippen LogP contribution in [-0.4, -0.2) is 79.8 Å². The molecular weight excluding hydrogens is 736 g/mol. The molecule has 18 heteroatoms. The fourth-order valence-corrected chi connectivity index (χ4v) is 5.75. The number of hydrogen-bond acceptors (Lipinski definition) is 8. The number of terminal acetylenes is 1. The molecular formula is C32H41Cl3N5O9P. The van der Waals surface area contributed by atoms with E-state index in [0.717, 1.165) is 48.3 Å². The van der Waals surface area contributed by atoms with E-state index >= 15 is 0 Å². The Bertz CT molecular complexity index is 1750. The van der Waals surface area contributed by atoms with E-state index < -0.39 is 26.4 Å². The van der Waals surface area contributed by atoms with E-state index in [9.17, 15) is 18.9 Å². The lowest BCUT2D eigenvalue weighted by molar-refractivity contribution is -0.135. The lowest BCUT2D eigenvalue weighted by Gasteiger charge is -2.25. The molecule has 50 heavy (non-hydrogen) atoms. The average molecular weight is 777 g/mol. The summed E-state index contributed by atoms with van der Waals surface area (Å²) in [4.78, 5) is 52.2. The number of amides is 1. The first kappa shape index (κ1) is 42.8. The maximum Gasteiger partial charge on any atom is 0.350 e. The van der Waals surface area contributed by atoms with E-state index in [1.165, 1.54) is 10.7 Å². The quantitative estimate of drug-likeness (QED) is 0.0823. The zero-order valence-electron chi connectivity index (χ0n) is 27.9. The van der Waals surface area contributed by atoms with Gasteiger partial charge in [-0.2, -0.15) is 4.68 Å². The van der Waals surface area contributed by atoms with Gasteiger partial charge in [-0.3, -0.25) is 28.9 Å². The Labute approximate surface area is 305 Å². The molecule has 1 amide bonds. The van der Waals surface area contributed by atoms with Gasteiger partial charge in [0.15, 0.2) is 0 Å². The maximum atomic E-state index is 12.5. The second kappa shape index (κ2) is 21.1. The molecule has 0 saturated heterocycles. The molecule has 0 atom stereocenters. The van der Waals surface area contributed by atoms with Crippen LogP contribution in [0.25, 0.3) is 5.69 Å². The van der Waals surface area contributed by atoms with E-state index in [4.69, 9.17) is 65.6 Å². The molecule has 274 valence electrons. The van der Waals surface area contributed by atoms with E-state index in [-0.39, 0.29) is 30.8 Å². The molecule has 3 aromatic rings. The zero-order valence-corrected chi connectivity index (χ0v) is 31.1. The number of halogens is 3. The van der Waals surface area contributed by atoms with Gasteiger partial charge in [-0.25, -0.2) is 4.79 Å². The number of para-hydroxylation sites is 1. The average Bonchev–Trinajstić information content (AvgIpc) is 3.40. The van der Waals surface area contributed by atoms with Gasteiger partial charge in [0.1, 0.15) is 30.8 Å². The number of anilines is 1. The van der Waals surface area contributed by atoms with Crippen molar-refractivity contribution in [1.82, 2.24) is 19.7 Å². The molecule has 1 aromatic heterocycles. The van der Waals surface area contributed by atoms with Crippen molar-refractivity contribution < 1.29 is 38.5 Å². The second-order valence-electron chi connectivity index (χ2n) is 10.6. The monoisotopic (exact) mass is 775 g/mol. The summed E-state index contributed by atoms with van der Waals surface area (Å²) >= 11 is 18.0. The lowest BCUT2D eigenvalue weighted by atomic mass is 10.0. The van der Waals surface area contributed by atoms with Crippen LogP contribution >= 0.6 is 42.4 Å². The van der Waals surface area contributed by atoms with Crippen molar-refractivity contribution in [3.63, 3.8) is 0 Å². The number of hydrogen-bond donors (Lipinski definition) is 4. The number of aromatic nitrogens is 3. The summed E-state index contributed by atoms with van der Waals surface area (Å²) in [5.74, 6) is 2.20. The standard InChI is InChI=1S/C15H13Cl2N3O2.C14H20ClNO2.C3H8NO5P/c1-2-7-22-13-9-12(10(16)8-11(13)17)20-15(21)19-6-4-3-5-14(19)18-20;1-4-12-8-6-7-11(3)14(12)16(10-18-5-2)13(17)9-15;5-3(6)1-4-2-10(7,8)9/h1,8-9H,3-7H2;6-8H,4-5,9-10H2,1-3H3;4H,1-2H2,(H,5,6)(H2,7,8,9). The number of carboxylic acids is 1. The van der Waals surface area contributed by atoms with E-state index in [1.807, 2.05) is 32.0 Å². The molecule has 4 N–H and O–H groups in total. The number of ether oxygens (including phenoxy) is 2. The number of carbonyl (C=O) groups is 2. The van der Waals surface area contributed by atoms with Crippen LogP contribution in [0, 0.1) is 19.3 Å².